The summed E-state index contributed by atoms with van der Waals surface area (Å²) in [6.45, 7) is 4.13. The Morgan fingerprint density at radius 1 is 1.05 bits per heavy atom. The molecule has 2 N–H and O–H groups in total. The smallest absolute Gasteiger partial charge is 0.119 e. The maximum Gasteiger partial charge on any atom is 0.119 e. The Morgan fingerprint density at radius 2 is 1.74 bits per heavy atom. The fourth-order valence-electron chi connectivity index (χ4n) is 1.71. The molecule has 2 aromatic rings. The molecule has 0 aromatic heterocycles. The van der Waals surface area contributed by atoms with E-state index in [0.29, 0.717) is 6.61 Å². The van der Waals surface area contributed by atoms with Crippen LogP contribution in [0.4, 0.5) is 0 Å². The van der Waals surface area contributed by atoms with Gasteiger partial charge in [0, 0.05) is 5.70 Å². The van der Waals surface area contributed by atoms with Crippen LogP contribution in [-0.4, -0.2) is 6.61 Å². The van der Waals surface area contributed by atoms with E-state index in [4.69, 9.17) is 10.5 Å². The molecule has 2 nitrogen and oxygen atoms in total. The van der Waals surface area contributed by atoms with Crippen molar-refractivity contribution in [2.75, 3.05) is 6.61 Å². The molecule has 0 aliphatic heterocycles. The summed E-state index contributed by atoms with van der Waals surface area (Å²) >= 11 is 0. The predicted octanol–water partition coefficient (Wildman–Crippen LogP) is 3.71. The van der Waals surface area contributed by atoms with Gasteiger partial charge in [0.2, 0.25) is 0 Å². The maximum absolute atomic E-state index is 6.06. The van der Waals surface area contributed by atoms with Gasteiger partial charge in [0.25, 0.3) is 0 Å². The lowest BCUT2D eigenvalue weighted by molar-refractivity contribution is 0.363. The van der Waals surface area contributed by atoms with Gasteiger partial charge in [-0.05, 0) is 29.3 Å². The molecule has 19 heavy (non-hydrogen) atoms. The number of rotatable bonds is 5. The quantitative estimate of drug-likeness (QED) is 0.649. The summed E-state index contributed by atoms with van der Waals surface area (Å²) < 4.78 is 5.43. The van der Waals surface area contributed by atoms with Crippen molar-refractivity contribution < 1.29 is 4.74 Å². The van der Waals surface area contributed by atoms with Crippen molar-refractivity contribution in [2.45, 2.75) is 0 Å². The zero-order chi connectivity index (χ0) is 13.5. The van der Waals surface area contributed by atoms with Crippen LogP contribution in [0.1, 0.15) is 11.1 Å². The van der Waals surface area contributed by atoms with Gasteiger partial charge in [-0.1, -0.05) is 55.1 Å². The van der Waals surface area contributed by atoms with E-state index in [2.05, 4.69) is 6.58 Å². The summed E-state index contributed by atoms with van der Waals surface area (Å²) in [6, 6.07) is 17.7. The van der Waals surface area contributed by atoms with Crippen molar-refractivity contribution in [1.82, 2.24) is 0 Å². The van der Waals surface area contributed by atoms with Gasteiger partial charge in [-0.15, -0.1) is 0 Å². The molecule has 2 heteroatoms. The largest absolute Gasteiger partial charge is 0.490 e. The zero-order valence-electron chi connectivity index (χ0n) is 10.8. The average Bonchev–Trinajstić information content (AvgIpc) is 2.47. The highest BCUT2D eigenvalue weighted by atomic mass is 16.5. The first-order valence-electron chi connectivity index (χ1n) is 6.16. The van der Waals surface area contributed by atoms with Gasteiger partial charge in [0.15, 0.2) is 0 Å². The van der Waals surface area contributed by atoms with Gasteiger partial charge < -0.3 is 10.5 Å². The maximum atomic E-state index is 6.06. The van der Waals surface area contributed by atoms with Crippen LogP contribution < -0.4 is 10.5 Å². The first kappa shape index (κ1) is 13.0. The third-order valence-electron chi connectivity index (χ3n) is 2.68. The molecule has 0 amide bonds. The number of nitrogens with two attached hydrogens (primary N) is 1. The molecule has 0 saturated carbocycles. The van der Waals surface area contributed by atoms with E-state index in [-0.39, 0.29) is 0 Å². The topological polar surface area (TPSA) is 35.2 Å². The first-order valence-corrected chi connectivity index (χ1v) is 6.16. The van der Waals surface area contributed by atoms with E-state index < -0.39 is 0 Å². The molecule has 2 rings (SSSR count). The van der Waals surface area contributed by atoms with Crippen molar-refractivity contribution in [1.29, 1.82) is 0 Å². The average molecular weight is 251 g/mol. The fourth-order valence-corrected chi connectivity index (χ4v) is 1.71. The van der Waals surface area contributed by atoms with Gasteiger partial charge in [-0.25, -0.2) is 0 Å². The second-order valence-electron chi connectivity index (χ2n) is 4.13. The lowest BCUT2D eigenvalue weighted by Crippen LogP contribution is -1.95. The van der Waals surface area contributed by atoms with Gasteiger partial charge in [-0.2, -0.15) is 0 Å². The minimum absolute atomic E-state index is 0.515. The van der Waals surface area contributed by atoms with E-state index in [0.717, 1.165) is 22.6 Å². The van der Waals surface area contributed by atoms with Crippen LogP contribution >= 0.6 is 0 Å². The minimum Gasteiger partial charge on any atom is -0.490 e. The van der Waals surface area contributed by atoms with Crippen LogP contribution in [0.25, 0.3) is 11.8 Å². The number of ether oxygens (including phenoxy) is 1. The molecule has 0 bridgehead atoms. The summed E-state index contributed by atoms with van der Waals surface area (Å²) in [5.74, 6) is 0.829. The molecule has 0 spiro atoms. The first-order chi connectivity index (χ1) is 9.29. The molecule has 0 unspecified atom stereocenters. The molecule has 0 aliphatic carbocycles. The van der Waals surface area contributed by atoms with E-state index in [1.165, 1.54) is 0 Å². The van der Waals surface area contributed by atoms with Crippen molar-refractivity contribution in [3.05, 3.63) is 78.4 Å². The van der Waals surface area contributed by atoms with Crippen molar-refractivity contribution >= 4 is 11.8 Å². The molecule has 2 aromatic carbocycles. The van der Waals surface area contributed by atoms with Crippen LogP contribution in [0.2, 0.25) is 0 Å². The summed E-state index contributed by atoms with van der Waals surface area (Å²) in [7, 11) is 0. The molecule has 0 aliphatic rings. The van der Waals surface area contributed by atoms with Crippen molar-refractivity contribution in [3.8, 4) is 5.75 Å². The highest BCUT2D eigenvalue weighted by molar-refractivity contribution is 5.79. The molecule has 0 atom stereocenters. The molecular weight excluding hydrogens is 234 g/mol. The molecule has 96 valence electrons. The van der Waals surface area contributed by atoms with Crippen LogP contribution in [-0.2, 0) is 0 Å². The monoisotopic (exact) mass is 251 g/mol. The lowest BCUT2D eigenvalue weighted by Gasteiger charge is -2.04. The molecule has 0 fully saturated rings. The van der Waals surface area contributed by atoms with E-state index in [1.807, 2.05) is 60.7 Å². The van der Waals surface area contributed by atoms with Gasteiger partial charge in [0.1, 0.15) is 12.4 Å². The van der Waals surface area contributed by atoms with Crippen LogP contribution in [0.5, 0.6) is 5.75 Å². The summed E-state index contributed by atoms with van der Waals surface area (Å²) in [6.07, 6.45) is 3.67. The predicted molar refractivity (Wildman–Crippen MR) is 80.6 cm³/mol. The summed E-state index contributed by atoms with van der Waals surface area (Å²) in [5.41, 5.74) is 8.88. The van der Waals surface area contributed by atoms with Crippen LogP contribution in [0.3, 0.4) is 0 Å². The van der Waals surface area contributed by atoms with Gasteiger partial charge in [0.05, 0.1) is 0 Å². The third kappa shape index (κ3) is 3.75. The van der Waals surface area contributed by atoms with Gasteiger partial charge >= 0.3 is 0 Å². The number of benzene rings is 2. The SMILES string of the molecule is C=CCOc1ccc(/C=C(\N)c2ccccc2)cc1. The molecular formula is C17H17NO. The van der Waals surface area contributed by atoms with E-state index in [9.17, 15) is 0 Å². The normalized spacial score (nSPS) is 11.1. The summed E-state index contributed by atoms with van der Waals surface area (Å²) in [5, 5.41) is 0. The van der Waals surface area contributed by atoms with E-state index in [1.54, 1.807) is 6.08 Å². The standard InChI is InChI=1S/C17H17NO/c1-2-12-19-16-10-8-14(9-11-16)13-17(18)15-6-4-3-5-7-15/h2-11,13H,1,12,18H2/b17-13-. The Hall–Kier alpha value is -2.48. The Labute approximate surface area is 113 Å². The Bertz CT molecular complexity index is 556. The highest BCUT2D eigenvalue weighted by Crippen LogP contribution is 2.16. The third-order valence-corrected chi connectivity index (χ3v) is 2.68. The lowest BCUT2D eigenvalue weighted by atomic mass is 10.1. The zero-order valence-corrected chi connectivity index (χ0v) is 10.8. The Kier molecular flexibility index (Phi) is 4.40. The van der Waals surface area contributed by atoms with Gasteiger partial charge in [-0.3, -0.25) is 0 Å². The highest BCUT2D eigenvalue weighted by Gasteiger charge is 1.97. The van der Waals surface area contributed by atoms with Crippen molar-refractivity contribution in [2.24, 2.45) is 5.73 Å². The second kappa shape index (κ2) is 6.45. The summed E-state index contributed by atoms with van der Waals surface area (Å²) in [4.78, 5) is 0. The number of hydrogen-bond acceptors (Lipinski definition) is 2. The Morgan fingerprint density at radius 3 is 2.37 bits per heavy atom. The van der Waals surface area contributed by atoms with Crippen LogP contribution in [0.15, 0.2) is 67.3 Å². The minimum atomic E-state index is 0.515. The second-order valence-corrected chi connectivity index (χ2v) is 4.13. The molecule has 0 heterocycles. The van der Waals surface area contributed by atoms with Crippen LogP contribution in [0, 0.1) is 0 Å². The Balaban J connectivity index is 2.12. The molecule has 0 radical (unpaired) electrons. The van der Waals surface area contributed by atoms with E-state index >= 15 is 0 Å². The molecule has 0 saturated heterocycles. The number of hydrogen-bond donors (Lipinski definition) is 1. The fraction of sp³-hybridized carbons (Fsp3) is 0.0588. The van der Waals surface area contributed by atoms with Crippen molar-refractivity contribution in [3.63, 3.8) is 0 Å².